The van der Waals surface area contributed by atoms with Crippen LogP contribution in [0, 0.1) is 0 Å². The second-order valence-electron chi connectivity index (χ2n) is 17.8. The van der Waals surface area contributed by atoms with Gasteiger partial charge in [-0.3, -0.25) is 18.6 Å². The van der Waals surface area contributed by atoms with E-state index in [0.29, 0.717) is 17.4 Å². The van der Waals surface area contributed by atoms with Crippen LogP contribution in [0.1, 0.15) is 226 Å². The largest absolute Gasteiger partial charge is 0.472 e. The number of quaternary nitrogens is 1. The maximum absolute atomic E-state index is 12.7. The molecule has 1 N–H and O–H groups in total. The summed E-state index contributed by atoms with van der Waals surface area (Å²) in [5.41, 5.74) is 0. The lowest BCUT2D eigenvalue weighted by Gasteiger charge is -2.24. The molecule has 0 aliphatic rings. The second-order valence-corrected chi connectivity index (χ2v) is 19.3. The number of hydrogen-bond acceptors (Lipinski definition) is 7. The highest BCUT2D eigenvalue weighted by atomic mass is 31.2. The summed E-state index contributed by atoms with van der Waals surface area (Å²) in [5, 5.41) is 0. The minimum absolute atomic E-state index is 0.0308. The molecule has 9 nitrogen and oxygen atoms in total. The van der Waals surface area contributed by atoms with Gasteiger partial charge in [0, 0.05) is 12.8 Å². The number of allylic oxidation sites excluding steroid dienone is 4. The number of carbonyl (C=O) groups excluding carboxylic acids is 2. The minimum atomic E-state index is -4.38. The fraction of sp³-hybridized carbons (Fsp3) is 0.878. The van der Waals surface area contributed by atoms with Gasteiger partial charge in [0.05, 0.1) is 27.7 Å². The molecule has 0 fully saturated rings. The molecule has 0 saturated carbocycles. The first-order valence-electron chi connectivity index (χ1n) is 24.6. The van der Waals surface area contributed by atoms with Crippen molar-refractivity contribution >= 4 is 19.8 Å². The van der Waals surface area contributed by atoms with Gasteiger partial charge in [0.15, 0.2) is 6.10 Å². The zero-order valence-electron chi connectivity index (χ0n) is 39.2. The first-order chi connectivity index (χ1) is 28.5. The van der Waals surface area contributed by atoms with E-state index in [1.54, 1.807) is 0 Å². The Morgan fingerprint density at radius 1 is 0.508 bits per heavy atom. The number of ether oxygens (including phenoxy) is 2. The number of nitrogens with zero attached hydrogens (tertiary/aromatic N) is 1. The summed E-state index contributed by atoms with van der Waals surface area (Å²) in [7, 11) is 1.48. The van der Waals surface area contributed by atoms with Crippen LogP contribution >= 0.6 is 7.82 Å². The predicted octanol–water partition coefficient (Wildman–Crippen LogP) is 14.3. The normalized spacial score (nSPS) is 13.7. The molecule has 59 heavy (non-hydrogen) atoms. The molecule has 0 aromatic heterocycles. The number of unbranched alkanes of at least 4 members (excludes halogenated alkanes) is 27. The zero-order chi connectivity index (χ0) is 43.6. The molecule has 0 rings (SSSR count). The van der Waals surface area contributed by atoms with Crippen LogP contribution in [0.15, 0.2) is 24.3 Å². The van der Waals surface area contributed by atoms with Crippen LogP contribution in [0.4, 0.5) is 0 Å². The number of hydrogen-bond donors (Lipinski definition) is 1. The molecule has 0 aromatic carbocycles. The number of rotatable bonds is 45. The topological polar surface area (TPSA) is 108 Å². The van der Waals surface area contributed by atoms with Crippen molar-refractivity contribution in [2.24, 2.45) is 0 Å². The highest BCUT2D eigenvalue weighted by molar-refractivity contribution is 7.47. The van der Waals surface area contributed by atoms with E-state index < -0.39 is 26.5 Å². The van der Waals surface area contributed by atoms with Crippen molar-refractivity contribution in [1.82, 2.24) is 0 Å². The average molecular weight is 857 g/mol. The van der Waals surface area contributed by atoms with E-state index in [2.05, 4.69) is 38.2 Å². The molecule has 1 unspecified atom stereocenters. The molecular weight excluding hydrogens is 762 g/mol. The van der Waals surface area contributed by atoms with Crippen LogP contribution in [0.25, 0.3) is 0 Å². The Balaban J connectivity index is 4.28. The van der Waals surface area contributed by atoms with Gasteiger partial charge in [-0.25, -0.2) is 4.57 Å². The monoisotopic (exact) mass is 857 g/mol. The number of phosphoric acid groups is 1. The van der Waals surface area contributed by atoms with Gasteiger partial charge in [-0.1, -0.05) is 173 Å². The third-order valence-corrected chi connectivity index (χ3v) is 11.7. The van der Waals surface area contributed by atoms with Crippen molar-refractivity contribution in [3.05, 3.63) is 24.3 Å². The van der Waals surface area contributed by atoms with E-state index in [1.165, 1.54) is 141 Å². The summed E-state index contributed by atoms with van der Waals surface area (Å²) in [5.74, 6) is -0.805. The summed E-state index contributed by atoms with van der Waals surface area (Å²) >= 11 is 0. The number of esters is 2. The molecule has 348 valence electrons. The Morgan fingerprint density at radius 2 is 0.864 bits per heavy atom. The van der Waals surface area contributed by atoms with Gasteiger partial charge in [-0.15, -0.1) is 0 Å². The van der Waals surface area contributed by atoms with Crippen LogP contribution < -0.4 is 0 Å². The Labute approximate surface area is 364 Å². The third-order valence-electron chi connectivity index (χ3n) is 10.7. The van der Waals surface area contributed by atoms with Crippen molar-refractivity contribution < 1.29 is 42.1 Å². The standard InChI is InChI=1S/C49H94NO8P/c1-6-8-10-12-14-16-18-20-22-24-25-26-28-29-31-33-35-37-39-41-48(51)55-45-47(46-57-59(53,54)56-44-43-50(3,4)5)58-49(52)42-40-38-36-34-32-30-27-23-21-19-17-15-13-11-9-7-2/h23-25,27,47H,6-22,26,28-46H2,1-5H3/p+1/b25-24-,27-23-/t47-/m1/s1. The summed E-state index contributed by atoms with van der Waals surface area (Å²) in [4.78, 5) is 35.5. The highest BCUT2D eigenvalue weighted by Crippen LogP contribution is 2.43. The van der Waals surface area contributed by atoms with E-state index in [-0.39, 0.29) is 32.0 Å². The van der Waals surface area contributed by atoms with Crippen LogP contribution in [-0.2, 0) is 32.7 Å². The SMILES string of the molecule is CCCCCCCCC/C=C\CCCCCCCC(=O)O[C@H](COC(=O)CCCCCCCCC/C=C\CCCCCCCCCC)COP(=O)(O)OCC[N+](C)(C)C. The lowest BCUT2D eigenvalue weighted by Crippen LogP contribution is -2.37. The molecule has 2 atom stereocenters. The molecule has 0 aliphatic heterocycles. The van der Waals surface area contributed by atoms with Crippen LogP contribution in [0.2, 0.25) is 0 Å². The third kappa shape index (κ3) is 45.8. The van der Waals surface area contributed by atoms with E-state index in [1.807, 2.05) is 21.1 Å². The lowest BCUT2D eigenvalue weighted by atomic mass is 10.1. The molecular formula is C49H95NO8P+. The quantitative estimate of drug-likeness (QED) is 0.0212. The van der Waals surface area contributed by atoms with Crippen molar-refractivity contribution in [2.45, 2.75) is 232 Å². The van der Waals surface area contributed by atoms with Gasteiger partial charge in [-0.05, 0) is 64.2 Å². The Kier molecular flexibility index (Phi) is 40.8. The van der Waals surface area contributed by atoms with Gasteiger partial charge in [0.1, 0.15) is 19.8 Å². The first-order valence-corrected chi connectivity index (χ1v) is 26.1. The lowest BCUT2D eigenvalue weighted by molar-refractivity contribution is -0.870. The Hall–Kier alpha value is -1.51. The summed E-state index contributed by atoms with van der Waals surface area (Å²) < 4.78 is 34.4. The van der Waals surface area contributed by atoms with Crippen molar-refractivity contribution in [2.75, 3.05) is 47.5 Å². The van der Waals surface area contributed by atoms with Gasteiger partial charge < -0.3 is 18.9 Å². The average Bonchev–Trinajstić information content (AvgIpc) is 3.19. The summed E-state index contributed by atoms with van der Waals surface area (Å²) in [6.07, 6.45) is 46.5. The zero-order valence-corrected chi connectivity index (χ0v) is 40.1. The van der Waals surface area contributed by atoms with Gasteiger partial charge in [0.25, 0.3) is 0 Å². The Bertz CT molecular complexity index is 1060. The van der Waals surface area contributed by atoms with Gasteiger partial charge in [0.2, 0.25) is 0 Å². The van der Waals surface area contributed by atoms with E-state index in [0.717, 1.165) is 51.4 Å². The van der Waals surface area contributed by atoms with Gasteiger partial charge >= 0.3 is 19.8 Å². The van der Waals surface area contributed by atoms with Crippen molar-refractivity contribution in [3.63, 3.8) is 0 Å². The Morgan fingerprint density at radius 3 is 1.25 bits per heavy atom. The fourth-order valence-electron chi connectivity index (χ4n) is 6.83. The van der Waals surface area contributed by atoms with E-state index in [9.17, 15) is 19.0 Å². The minimum Gasteiger partial charge on any atom is -0.462 e. The molecule has 0 aliphatic carbocycles. The predicted molar refractivity (Wildman–Crippen MR) is 247 cm³/mol. The number of carbonyl (C=O) groups is 2. The van der Waals surface area contributed by atoms with Crippen LogP contribution in [0.3, 0.4) is 0 Å². The molecule has 0 heterocycles. The first kappa shape index (κ1) is 57.5. The van der Waals surface area contributed by atoms with Crippen LogP contribution in [-0.4, -0.2) is 74.9 Å². The molecule has 0 aromatic rings. The van der Waals surface area contributed by atoms with E-state index >= 15 is 0 Å². The van der Waals surface area contributed by atoms with Crippen LogP contribution in [0.5, 0.6) is 0 Å². The number of phosphoric ester groups is 1. The van der Waals surface area contributed by atoms with Crippen molar-refractivity contribution in [3.8, 4) is 0 Å². The maximum Gasteiger partial charge on any atom is 0.472 e. The highest BCUT2D eigenvalue weighted by Gasteiger charge is 2.27. The molecule has 0 radical (unpaired) electrons. The smallest absolute Gasteiger partial charge is 0.462 e. The molecule has 0 bridgehead atoms. The van der Waals surface area contributed by atoms with E-state index in [4.69, 9.17) is 18.5 Å². The molecule has 10 heteroatoms. The van der Waals surface area contributed by atoms with Gasteiger partial charge in [-0.2, -0.15) is 0 Å². The summed E-state index contributed by atoms with van der Waals surface area (Å²) in [6.45, 7) is 4.43. The molecule has 0 spiro atoms. The summed E-state index contributed by atoms with van der Waals surface area (Å²) in [6, 6.07) is 0. The second kappa shape index (κ2) is 41.8. The fourth-order valence-corrected chi connectivity index (χ4v) is 7.57. The molecule has 0 amide bonds. The maximum atomic E-state index is 12.7. The van der Waals surface area contributed by atoms with Crippen molar-refractivity contribution in [1.29, 1.82) is 0 Å². The number of likely N-dealkylation sites (N-methyl/N-ethyl adjacent to an activating group) is 1. The molecule has 0 saturated heterocycles.